The van der Waals surface area contributed by atoms with E-state index >= 15 is 0 Å². The predicted molar refractivity (Wildman–Crippen MR) is 89.2 cm³/mol. The molecule has 0 unspecified atom stereocenters. The topological polar surface area (TPSA) is 18.5 Å². The second kappa shape index (κ2) is 7.44. The smallest absolute Gasteiger partial charge is 0.184 e. The van der Waals surface area contributed by atoms with E-state index in [0.29, 0.717) is 6.42 Å². The average Bonchev–Trinajstić information content (AvgIpc) is 2.21. The van der Waals surface area contributed by atoms with E-state index in [2.05, 4.69) is 58.7 Å². The van der Waals surface area contributed by atoms with Crippen LogP contribution in [-0.4, -0.2) is 28.8 Å². The van der Waals surface area contributed by atoms with Gasteiger partial charge >= 0.3 is 0 Å². The summed E-state index contributed by atoms with van der Waals surface area (Å²) in [6.07, 6.45) is 8.07. The van der Waals surface area contributed by atoms with Crippen molar-refractivity contribution >= 4 is 16.6 Å². The minimum absolute atomic E-state index is 0.0152. The van der Waals surface area contributed by atoms with E-state index in [1.54, 1.807) is 0 Å². The Morgan fingerprint density at radius 2 is 1.58 bits per heavy atom. The lowest BCUT2D eigenvalue weighted by Crippen LogP contribution is -2.42. The normalized spacial score (nSPS) is 17.4. The van der Waals surface area contributed by atoms with Gasteiger partial charge in [0.05, 0.1) is 12.2 Å². The van der Waals surface area contributed by atoms with Crippen molar-refractivity contribution in [3.05, 3.63) is 12.7 Å². The molecule has 0 amide bonds. The molecule has 0 aliphatic heterocycles. The van der Waals surface area contributed by atoms with Crippen LogP contribution in [0, 0.1) is 18.3 Å². The summed E-state index contributed by atoms with van der Waals surface area (Å²) < 4.78 is 12.4. The molecular formula is C15H30O2Si2. The maximum absolute atomic E-state index is 6.22. The van der Waals surface area contributed by atoms with Crippen LogP contribution in [0.4, 0.5) is 0 Å². The highest BCUT2D eigenvalue weighted by molar-refractivity contribution is 6.70. The molecule has 4 heteroatoms. The van der Waals surface area contributed by atoms with E-state index < -0.39 is 16.6 Å². The van der Waals surface area contributed by atoms with Gasteiger partial charge in [0.1, 0.15) is 0 Å². The van der Waals surface area contributed by atoms with E-state index in [1.807, 2.05) is 6.08 Å². The van der Waals surface area contributed by atoms with Crippen LogP contribution in [0.5, 0.6) is 0 Å². The van der Waals surface area contributed by atoms with Crippen molar-refractivity contribution in [3.8, 4) is 12.3 Å². The third-order valence-corrected chi connectivity index (χ3v) is 4.64. The Morgan fingerprint density at radius 1 is 1.11 bits per heavy atom. The van der Waals surface area contributed by atoms with Gasteiger partial charge in [-0.05, 0) is 39.3 Å². The second-order valence-corrected chi connectivity index (χ2v) is 15.9. The lowest BCUT2D eigenvalue weighted by molar-refractivity contribution is 0.0684. The monoisotopic (exact) mass is 298 g/mol. The minimum Gasteiger partial charge on any atom is -0.413 e. The van der Waals surface area contributed by atoms with Crippen molar-refractivity contribution in [2.45, 2.75) is 64.8 Å². The number of terminal acetylenes is 1. The predicted octanol–water partition coefficient (Wildman–Crippen LogP) is 4.27. The molecule has 0 rings (SSSR count). The average molecular weight is 299 g/mol. The summed E-state index contributed by atoms with van der Waals surface area (Å²) in [5.74, 6) is 2.96. The molecule has 0 aromatic heterocycles. The highest BCUT2D eigenvalue weighted by atomic mass is 28.4. The van der Waals surface area contributed by atoms with Gasteiger partial charge in [-0.1, -0.05) is 13.0 Å². The fourth-order valence-electron chi connectivity index (χ4n) is 1.90. The van der Waals surface area contributed by atoms with Crippen LogP contribution in [0.15, 0.2) is 12.7 Å². The van der Waals surface area contributed by atoms with E-state index in [4.69, 9.17) is 15.3 Å². The molecule has 0 saturated heterocycles. The molecule has 19 heavy (non-hydrogen) atoms. The van der Waals surface area contributed by atoms with Crippen molar-refractivity contribution in [3.63, 3.8) is 0 Å². The largest absolute Gasteiger partial charge is 0.413 e. The van der Waals surface area contributed by atoms with Gasteiger partial charge in [-0.3, -0.25) is 0 Å². The Bertz CT molecular complexity index is 321. The van der Waals surface area contributed by atoms with E-state index in [1.165, 1.54) is 0 Å². The molecule has 0 radical (unpaired) electrons. The molecule has 0 aromatic carbocycles. The van der Waals surface area contributed by atoms with Crippen LogP contribution in [-0.2, 0) is 8.85 Å². The Labute approximate surface area is 121 Å². The van der Waals surface area contributed by atoms with Gasteiger partial charge < -0.3 is 8.85 Å². The van der Waals surface area contributed by atoms with Crippen LogP contribution in [0.3, 0.4) is 0 Å². The summed E-state index contributed by atoms with van der Waals surface area (Å²) in [6, 6.07) is 0. The third kappa shape index (κ3) is 8.43. The standard InChI is InChI=1S/C15H30O2Si2/c1-10-12-15(17-19(7,8)9)13(3)14(11-2)16-18(4,5)6/h1,11,13-15H,2,12H2,3-9H3/t13-,14-,15-/m0/s1. The Kier molecular flexibility index (Phi) is 7.30. The zero-order chi connectivity index (χ0) is 15.3. The summed E-state index contributed by atoms with van der Waals surface area (Å²) in [6.45, 7) is 19.2. The van der Waals surface area contributed by atoms with E-state index in [0.717, 1.165) is 0 Å². The molecule has 0 spiro atoms. The fraction of sp³-hybridized carbons (Fsp3) is 0.733. The van der Waals surface area contributed by atoms with Crippen molar-refractivity contribution < 1.29 is 8.85 Å². The first-order valence-electron chi connectivity index (χ1n) is 6.92. The van der Waals surface area contributed by atoms with Crippen LogP contribution < -0.4 is 0 Å². The van der Waals surface area contributed by atoms with E-state index in [9.17, 15) is 0 Å². The van der Waals surface area contributed by atoms with Gasteiger partial charge in [-0.25, -0.2) is 0 Å². The van der Waals surface area contributed by atoms with Gasteiger partial charge in [-0.2, -0.15) is 0 Å². The Hall–Kier alpha value is -0.346. The number of hydrogen-bond donors (Lipinski definition) is 0. The lowest BCUT2D eigenvalue weighted by Gasteiger charge is -2.35. The molecular weight excluding hydrogens is 268 g/mol. The summed E-state index contributed by atoms with van der Waals surface area (Å²) in [5, 5.41) is 0. The molecule has 0 bridgehead atoms. The SMILES string of the molecule is C#CC[C@H](O[Si](C)(C)C)[C@@H](C)[C@H](C=C)O[Si](C)(C)C. The van der Waals surface area contributed by atoms with Crippen molar-refractivity contribution in [2.24, 2.45) is 5.92 Å². The van der Waals surface area contributed by atoms with Gasteiger partial charge in [-0.15, -0.1) is 18.9 Å². The lowest BCUT2D eigenvalue weighted by atomic mass is 9.96. The summed E-state index contributed by atoms with van der Waals surface area (Å²) >= 11 is 0. The molecule has 0 N–H and O–H groups in total. The Balaban J connectivity index is 4.90. The van der Waals surface area contributed by atoms with Gasteiger partial charge in [0.15, 0.2) is 16.6 Å². The highest BCUT2D eigenvalue weighted by Crippen LogP contribution is 2.24. The summed E-state index contributed by atoms with van der Waals surface area (Å²) in [7, 11) is -3.21. The molecule has 3 atom stereocenters. The quantitative estimate of drug-likeness (QED) is 0.378. The van der Waals surface area contributed by atoms with Crippen LogP contribution >= 0.6 is 0 Å². The third-order valence-electron chi connectivity index (χ3n) is 2.65. The molecule has 0 aliphatic rings. The highest BCUT2D eigenvalue weighted by Gasteiger charge is 2.31. The molecule has 110 valence electrons. The summed E-state index contributed by atoms with van der Waals surface area (Å²) in [4.78, 5) is 0. The van der Waals surface area contributed by atoms with Crippen molar-refractivity contribution in [1.82, 2.24) is 0 Å². The summed E-state index contributed by atoms with van der Waals surface area (Å²) in [5.41, 5.74) is 0. The van der Waals surface area contributed by atoms with Gasteiger partial charge in [0, 0.05) is 12.3 Å². The first-order chi connectivity index (χ1) is 8.50. The fourth-order valence-corrected chi connectivity index (χ4v) is 4.23. The second-order valence-electron chi connectivity index (χ2n) is 6.97. The van der Waals surface area contributed by atoms with Crippen LogP contribution in [0.2, 0.25) is 39.3 Å². The van der Waals surface area contributed by atoms with Gasteiger partial charge in [0.25, 0.3) is 0 Å². The molecule has 0 saturated carbocycles. The molecule has 0 fully saturated rings. The first-order valence-corrected chi connectivity index (χ1v) is 13.7. The minimum atomic E-state index is -1.61. The zero-order valence-corrected chi connectivity index (χ0v) is 15.6. The van der Waals surface area contributed by atoms with E-state index in [-0.39, 0.29) is 18.1 Å². The van der Waals surface area contributed by atoms with Crippen LogP contribution in [0.25, 0.3) is 0 Å². The van der Waals surface area contributed by atoms with Gasteiger partial charge in [0.2, 0.25) is 0 Å². The first kappa shape index (κ1) is 18.7. The zero-order valence-electron chi connectivity index (χ0n) is 13.6. The maximum Gasteiger partial charge on any atom is 0.184 e. The Morgan fingerprint density at radius 3 is 1.89 bits per heavy atom. The van der Waals surface area contributed by atoms with Crippen molar-refractivity contribution in [2.75, 3.05) is 0 Å². The molecule has 2 nitrogen and oxygen atoms in total. The van der Waals surface area contributed by atoms with Crippen molar-refractivity contribution in [1.29, 1.82) is 0 Å². The number of rotatable bonds is 8. The van der Waals surface area contributed by atoms with Crippen LogP contribution in [0.1, 0.15) is 13.3 Å². The molecule has 0 aliphatic carbocycles. The molecule has 0 heterocycles. The maximum atomic E-state index is 6.22. The number of hydrogen-bond acceptors (Lipinski definition) is 2. The molecule has 0 aromatic rings.